The first-order valence-corrected chi connectivity index (χ1v) is 7.46. The Balaban J connectivity index is 2.47. The van der Waals surface area contributed by atoms with Crippen LogP contribution < -0.4 is 0 Å². The molecule has 0 aromatic heterocycles. The summed E-state index contributed by atoms with van der Waals surface area (Å²) >= 11 is 0. The van der Waals surface area contributed by atoms with Crippen molar-refractivity contribution in [3.8, 4) is 0 Å². The third-order valence-corrected chi connectivity index (χ3v) is 4.12. The third-order valence-electron chi connectivity index (χ3n) is 4.12. The van der Waals surface area contributed by atoms with Crippen LogP contribution in [0.5, 0.6) is 0 Å². The molecule has 2 aromatic rings. The Bertz CT molecular complexity index is 652. The van der Waals surface area contributed by atoms with Gasteiger partial charge in [-0.15, -0.1) is 0 Å². The maximum atomic E-state index is 12.3. The Hall–Kier alpha value is -2.62. The largest absolute Gasteiger partial charge is 0.481 e. The highest BCUT2D eigenvalue weighted by Crippen LogP contribution is 2.37. The number of carboxylic acid groups (broad SMARTS) is 1. The predicted molar refractivity (Wildman–Crippen MR) is 87.2 cm³/mol. The summed E-state index contributed by atoms with van der Waals surface area (Å²) in [5, 5.41) is 9.77. The minimum absolute atomic E-state index is 0.335. The molecule has 0 aliphatic rings. The number of methoxy groups -OCH3 is 1. The normalized spacial score (nSPS) is 14.5. The number of aliphatic carboxylic acids is 1. The van der Waals surface area contributed by atoms with Gasteiger partial charge in [0.2, 0.25) is 0 Å². The average molecular weight is 312 g/mol. The van der Waals surface area contributed by atoms with Crippen molar-refractivity contribution in [2.45, 2.75) is 18.8 Å². The second-order valence-corrected chi connectivity index (χ2v) is 5.47. The fourth-order valence-corrected chi connectivity index (χ4v) is 2.89. The molecule has 0 aliphatic heterocycles. The van der Waals surface area contributed by atoms with Crippen LogP contribution in [-0.4, -0.2) is 24.2 Å². The molecule has 2 aromatic carbocycles. The Labute approximate surface area is 135 Å². The molecular weight excluding hydrogens is 292 g/mol. The van der Waals surface area contributed by atoms with Crippen molar-refractivity contribution in [1.29, 1.82) is 0 Å². The molecule has 2 rings (SSSR count). The summed E-state index contributed by atoms with van der Waals surface area (Å²) in [6.45, 7) is 1.83. The SMILES string of the molecule is COC(=O)C(c1ccccc1)C(C(=O)O)C(C)c1ccccc1. The summed E-state index contributed by atoms with van der Waals surface area (Å²) in [5.41, 5.74) is 1.53. The Kier molecular flexibility index (Phi) is 5.52. The molecule has 0 heterocycles. The lowest BCUT2D eigenvalue weighted by Crippen LogP contribution is -2.32. The molecule has 120 valence electrons. The van der Waals surface area contributed by atoms with Crippen LogP contribution in [0.3, 0.4) is 0 Å². The van der Waals surface area contributed by atoms with Crippen molar-refractivity contribution in [3.05, 3.63) is 71.8 Å². The van der Waals surface area contributed by atoms with Gasteiger partial charge in [-0.3, -0.25) is 9.59 Å². The van der Waals surface area contributed by atoms with Crippen molar-refractivity contribution < 1.29 is 19.4 Å². The topological polar surface area (TPSA) is 63.6 Å². The molecule has 0 aliphatic carbocycles. The fourth-order valence-electron chi connectivity index (χ4n) is 2.89. The van der Waals surface area contributed by atoms with E-state index in [0.29, 0.717) is 5.56 Å². The lowest BCUT2D eigenvalue weighted by atomic mass is 9.76. The van der Waals surface area contributed by atoms with Gasteiger partial charge in [0, 0.05) is 0 Å². The van der Waals surface area contributed by atoms with E-state index in [1.165, 1.54) is 7.11 Å². The second-order valence-electron chi connectivity index (χ2n) is 5.47. The van der Waals surface area contributed by atoms with E-state index in [-0.39, 0.29) is 5.92 Å². The van der Waals surface area contributed by atoms with Gasteiger partial charge in [0.1, 0.15) is 0 Å². The van der Waals surface area contributed by atoms with Gasteiger partial charge in [0.05, 0.1) is 18.9 Å². The zero-order valence-electron chi connectivity index (χ0n) is 13.2. The summed E-state index contributed by atoms with van der Waals surface area (Å²) in [5.74, 6) is -3.65. The average Bonchev–Trinajstić information content (AvgIpc) is 2.59. The van der Waals surface area contributed by atoms with E-state index in [4.69, 9.17) is 4.74 Å². The van der Waals surface area contributed by atoms with E-state index < -0.39 is 23.8 Å². The third kappa shape index (κ3) is 3.77. The fraction of sp³-hybridized carbons (Fsp3) is 0.263. The monoisotopic (exact) mass is 312 g/mol. The molecule has 3 atom stereocenters. The van der Waals surface area contributed by atoms with Gasteiger partial charge in [0.15, 0.2) is 0 Å². The van der Waals surface area contributed by atoms with Crippen LogP contribution in [0.2, 0.25) is 0 Å². The Morgan fingerprint density at radius 1 is 0.913 bits per heavy atom. The van der Waals surface area contributed by atoms with Gasteiger partial charge in [-0.05, 0) is 17.0 Å². The Morgan fingerprint density at radius 2 is 1.39 bits per heavy atom. The molecule has 23 heavy (non-hydrogen) atoms. The van der Waals surface area contributed by atoms with E-state index in [9.17, 15) is 14.7 Å². The van der Waals surface area contributed by atoms with Crippen LogP contribution in [0.25, 0.3) is 0 Å². The van der Waals surface area contributed by atoms with Gasteiger partial charge >= 0.3 is 11.9 Å². The number of carboxylic acids is 1. The predicted octanol–water partition coefficient (Wildman–Crippen LogP) is 3.45. The number of hydrogen-bond donors (Lipinski definition) is 1. The van der Waals surface area contributed by atoms with E-state index in [0.717, 1.165) is 5.56 Å². The van der Waals surface area contributed by atoms with Crippen LogP contribution in [0, 0.1) is 5.92 Å². The van der Waals surface area contributed by atoms with Crippen molar-refractivity contribution in [2.24, 2.45) is 5.92 Å². The van der Waals surface area contributed by atoms with Crippen molar-refractivity contribution >= 4 is 11.9 Å². The summed E-state index contributed by atoms with van der Waals surface area (Å²) < 4.78 is 4.88. The van der Waals surface area contributed by atoms with Crippen LogP contribution in [0.1, 0.15) is 29.9 Å². The zero-order chi connectivity index (χ0) is 16.8. The Morgan fingerprint density at radius 3 is 1.83 bits per heavy atom. The van der Waals surface area contributed by atoms with Gasteiger partial charge in [-0.25, -0.2) is 0 Å². The lowest BCUT2D eigenvalue weighted by molar-refractivity contribution is -0.152. The van der Waals surface area contributed by atoms with Gasteiger partial charge in [-0.1, -0.05) is 67.6 Å². The first-order valence-electron chi connectivity index (χ1n) is 7.46. The highest BCUT2D eigenvalue weighted by Gasteiger charge is 2.40. The molecular formula is C19H20O4. The number of hydrogen-bond acceptors (Lipinski definition) is 3. The number of carbonyl (C=O) groups is 2. The standard InChI is InChI=1S/C19H20O4/c1-13(14-9-5-3-6-10-14)16(18(20)21)17(19(22)23-2)15-11-7-4-8-12-15/h3-13,16-17H,1-2H3,(H,20,21). The van der Waals surface area contributed by atoms with E-state index >= 15 is 0 Å². The van der Waals surface area contributed by atoms with Crippen LogP contribution >= 0.6 is 0 Å². The quantitative estimate of drug-likeness (QED) is 0.830. The van der Waals surface area contributed by atoms with Gasteiger partial charge in [0.25, 0.3) is 0 Å². The van der Waals surface area contributed by atoms with E-state index in [1.807, 2.05) is 43.3 Å². The molecule has 0 radical (unpaired) electrons. The van der Waals surface area contributed by atoms with Crippen LogP contribution in [-0.2, 0) is 14.3 Å². The number of esters is 1. The smallest absolute Gasteiger partial charge is 0.314 e. The highest BCUT2D eigenvalue weighted by atomic mass is 16.5. The molecule has 0 spiro atoms. The zero-order valence-corrected chi connectivity index (χ0v) is 13.2. The number of carbonyl (C=O) groups excluding carboxylic acids is 1. The molecule has 3 unspecified atom stereocenters. The van der Waals surface area contributed by atoms with Gasteiger partial charge in [-0.2, -0.15) is 0 Å². The number of ether oxygens (including phenoxy) is 1. The molecule has 4 heteroatoms. The summed E-state index contributed by atoms with van der Waals surface area (Å²) in [6.07, 6.45) is 0. The van der Waals surface area contributed by atoms with E-state index in [1.54, 1.807) is 24.3 Å². The minimum atomic E-state index is -1.01. The summed E-state index contributed by atoms with van der Waals surface area (Å²) in [4.78, 5) is 24.3. The summed E-state index contributed by atoms with van der Waals surface area (Å²) in [7, 11) is 1.28. The summed E-state index contributed by atoms with van der Waals surface area (Å²) in [6, 6.07) is 18.3. The van der Waals surface area contributed by atoms with Crippen LogP contribution in [0.4, 0.5) is 0 Å². The highest BCUT2D eigenvalue weighted by molar-refractivity contribution is 5.86. The maximum absolute atomic E-state index is 12.3. The lowest BCUT2D eigenvalue weighted by Gasteiger charge is -2.27. The first-order chi connectivity index (χ1) is 11.1. The number of benzene rings is 2. The maximum Gasteiger partial charge on any atom is 0.314 e. The first kappa shape index (κ1) is 16.7. The van der Waals surface area contributed by atoms with E-state index in [2.05, 4.69) is 0 Å². The molecule has 0 amide bonds. The number of rotatable bonds is 6. The van der Waals surface area contributed by atoms with Gasteiger partial charge < -0.3 is 9.84 Å². The van der Waals surface area contributed by atoms with Crippen molar-refractivity contribution in [2.75, 3.05) is 7.11 Å². The minimum Gasteiger partial charge on any atom is -0.481 e. The molecule has 0 fully saturated rings. The van der Waals surface area contributed by atoms with Crippen molar-refractivity contribution in [3.63, 3.8) is 0 Å². The molecule has 4 nitrogen and oxygen atoms in total. The second kappa shape index (κ2) is 7.58. The van der Waals surface area contributed by atoms with Crippen molar-refractivity contribution in [1.82, 2.24) is 0 Å². The molecule has 0 saturated heterocycles. The van der Waals surface area contributed by atoms with Crippen LogP contribution in [0.15, 0.2) is 60.7 Å². The molecule has 0 saturated carbocycles. The molecule has 0 bridgehead atoms. The molecule has 1 N–H and O–H groups in total.